The van der Waals surface area contributed by atoms with E-state index < -0.39 is 0 Å². The van der Waals surface area contributed by atoms with Gasteiger partial charge in [0.05, 0.1) is 7.11 Å². The number of aliphatic imine (C=N–C) groups is 1. The Kier molecular flexibility index (Phi) is 6.88. The van der Waals surface area contributed by atoms with Crippen LogP contribution in [0.3, 0.4) is 0 Å². The van der Waals surface area contributed by atoms with Gasteiger partial charge < -0.3 is 15.4 Å². The SMILES string of the molecule is COc1ccc(CCN=C(N)N(C)C2CC2)c(Cl)c1.I. The highest BCUT2D eigenvalue weighted by atomic mass is 127. The first-order valence-corrected chi connectivity index (χ1v) is 6.84. The summed E-state index contributed by atoms with van der Waals surface area (Å²) in [7, 11) is 3.63. The van der Waals surface area contributed by atoms with Gasteiger partial charge in [-0.3, -0.25) is 4.99 Å². The van der Waals surface area contributed by atoms with Gasteiger partial charge in [-0.15, -0.1) is 24.0 Å². The van der Waals surface area contributed by atoms with Gasteiger partial charge in [-0.25, -0.2) is 0 Å². The molecule has 1 aromatic carbocycles. The fraction of sp³-hybridized carbons (Fsp3) is 0.500. The Hall–Kier alpha value is -0.690. The molecule has 1 saturated carbocycles. The molecule has 1 fully saturated rings. The lowest BCUT2D eigenvalue weighted by molar-refractivity contribution is 0.414. The van der Waals surface area contributed by atoms with Gasteiger partial charge in [0.15, 0.2) is 5.96 Å². The lowest BCUT2D eigenvalue weighted by Gasteiger charge is -2.16. The van der Waals surface area contributed by atoms with E-state index >= 15 is 0 Å². The number of ether oxygens (including phenoxy) is 1. The van der Waals surface area contributed by atoms with Crippen molar-refractivity contribution < 1.29 is 4.74 Å². The molecule has 2 N–H and O–H groups in total. The van der Waals surface area contributed by atoms with E-state index in [1.807, 2.05) is 25.2 Å². The molecule has 1 aromatic rings. The monoisotopic (exact) mass is 409 g/mol. The van der Waals surface area contributed by atoms with Crippen molar-refractivity contribution in [3.8, 4) is 5.75 Å². The molecule has 0 atom stereocenters. The fourth-order valence-corrected chi connectivity index (χ4v) is 2.17. The molecule has 0 radical (unpaired) electrons. The summed E-state index contributed by atoms with van der Waals surface area (Å²) in [5.41, 5.74) is 6.99. The predicted molar refractivity (Wildman–Crippen MR) is 94.4 cm³/mol. The summed E-state index contributed by atoms with van der Waals surface area (Å²) in [6.07, 6.45) is 3.22. The van der Waals surface area contributed by atoms with Crippen molar-refractivity contribution in [2.45, 2.75) is 25.3 Å². The molecule has 0 unspecified atom stereocenters. The molecule has 0 heterocycles. The minimum atomic E-state index is 0. The first-order chi connectivity index (χ1) is 9.11. The van der Waals surface area contributed by atoms with E-state index in [0.717, 1.165) is 17.7 Å². The van der Waals surface area contributed by atoms with Crippen LogP contribution in [0.1, 0.15) is 18.4 Å². The number of hydrogen-bond donors (Lipinski definition) is 1. The largest absolute Gasteiger partial charge is 0.497 e. The first kappa shape index (κ1) is 17.4. The zero-order chi connectivity index (χ0) is 13.8. The van der Waals surface area contributed by atoms with Crippen LogP contribution in [0.25, 0.3) is 0 Å². The van der Waals surface area contributed by atoms with Crippen LogP contribution in [-0.2, 0) is 6.42 Å². The Morgan fingerprint density at radius 1 is 1.50 bits per heavy atom. The number of hydrogen-bond acceptors (Lipinski definition) is 2. The number of nitrogens with two attached hydrogens (primary N) is 1. The van der Waals surface area contributed by atoms with E-state index in [2.05, 4.69) is 9.89 Å². The molecule has 0 amide bonds. The van der Waals surface area contributed by atoms with E-state index in [9.17, 15) is 0 Å². The molecule has 0 aromatic heterocycles. The molecular formula is C14H21ClIN3O. The molecule has 2 rings (SSSR count). The third kappa shape index (κ3) is 4.70. The van der Waals surface area contributed by atoms with Crippen LogP contribution in [0.15, 0.2) is 23.2 Å². The highest BCUT2D eigenvalue weighted by molar-refractivity contribution is 14.0. The van der Waals surface area contributed by atoms with Crippen molar-refractivity contribution in [2.75, 3.05) is 20.7 Å². The molecule has 0 spiro atoms. The van der Waals surface area contributed by atoms with Crippen molar-refractivity contribution >= 4 is 41.5 Å². The Morgan fingerprint density at radius 3 is 2.75 bits per heavy atom. The van der Waals surface area contributed by atoms with Crippen LogP contribution < -0.4 is 10.5 Å². The second-order valence-electron chi connectivity index (χ2n) is 4.79. The number of halogens is 2. The average molecular weight is 410 g/mol. The second kappa shape index (κ2) is 7.93. The third-order valence-corrected chi connectivity index (χ3v) is 3.72. The van der Waals surface area contributed by atoms with Gasteiger partial charge in [0.25, 0.3) is 0 Å². The maximum absolute atomic E-state index is 6.18. The molecule has 1 aliphatic carbocycles. The minimum absolute atomic E-state index is 0. The van der Waals surface area contributed by atoms with E-state index in [-0.39, 0.29) is 24.0 Å². The Balaban J connectivity index is 0.00000200. The molecule has 4 nitrogen and oxygen atoms in total. The summed E-state index contributed by atoms with van der Waals surface area (Å²) in [6, 6.07) is 6.29. The molecule has 0 aliphatic heterocycles. The fourth-order valence-electron chi connectivity index (χ4n) is 1.91. The van der Waals surface area contributed by atoms with Crippen molar-refractivity contribution in [3.63, 3.8) is 0 Å². The summed E-state index contributed by atoms with van der Waals surface area (Å²) in [6.45, 7) is 0.648. The number of guanidine groups is 1. The lowest BCUT2D eigenvalue weighted by atomic mass is 10.1. The molecular weight excluding hydrogens is 389 g/mol. The number of rotatable bonds is 5. The van der Waals surface area contributed by atoms with Crippen molar-refractivity contribution in [1.29, 1.82) is 0 Å². The van der Waals surface area contributed by atoms with Gasteiger partial charge in [-0.2, -0.15) is 0 Å². The van der Waals surface area contributed by atoms with E-state index in [4.69, 9.17) is 22.1 Å². The number of methoxy groups -OCH3 is 1. The van der Waals surface area contributed by atoms with Crippen LogP contribution in [-0.4, -0.2) is 37.6 Å². The van der Waals surface area contributed by atoms with E-state index in [1.54, 1.807) is 7.11 Å². The van der Waals surface area contributed by atoms with Gasteiger partial charge in [-0.1, -0.05) is 17.7 Å². The first-order valence-electron chi connectivity index (χ1n) is 6.47. The van der Waals surface area contributed by atoms with Gasteiger partial charge in [-0.05, 0) is 37.0 Å². The van der Waals surface area contributed by atoms with E-state index in [1.165, 1.54) is 12.8 Å². The Labute approximate surface area is 142 Å². The Bertz CT molecular complexity index is 477. The summed E-state index contributed by atoms with van der Waals surface area (Å²) < 4.78 is 5.12. The number of nitrogens with zero attached hydrogens (tertiary/aromatic N) is 2. The minimum Gasteiger partial charge on any atom is -0.497 e. The normalized spacial score (nSPS) is 14.7. The predicted octanol–water partition coefficient (Wildman–Crippen LogP) is 2.92. The van der Waals surface area contributed by atoms with Crippen molar-refractivity contribution in [1.82, 2.24) is 4.90 Å². The van der Waals surface area contributed by atoms with Gasteiger partial charge in [0, 0.05) is 24.7 Å². The maximum atomic E-state index is 6.18. The maximum Gasteiger partial charge on any atom is 0.191 e. The summed E-state index contributed by atoms with van der Waals surface area (Å²) in [5.74, 6) is 1.39. The summed E-state index contributed by atoms with van der Waals surface area (Å²) >= 11 is 6.18. The van der Waals surface area contributed by atoms with Gasteiger partial charge >= 0.3 is 0 Å². The zero-order valence-electron chi connectivity index (χ0n) is 11.8. The number of benzene rings is 1. The smallest absolute Gasteiger partial charge is 0.191 e. The lowest BCUT2D eigenvalue weighted by Crippen LogP contribution is -2.35. The van der Waals surface area contributed by atoms with Crippen LogP contribution in [0.2, 0.25) is 5.02 Å². The molecule has 112 valence electrons. The van der Waals surface area contributed by atoms with Crippen LogP contribution in [0.4, 0.5) is 0 Å². The van der Waals surface area contributed by atoms with Gasteiger partial charge in [0.1, 0.15) is 5.75 Å². The average Bonchev–Trinajstić information content (AvgIpc) is 3.23. The van der Waals surface area contributed by atoms with Gasteiger partial charge in [0.2, 0.25) is 0 Å². The van der Waals surface area contributed by atoms with Crippen LogP contribution in [0, 0.1) is 0 Å². The molecule has 0 bridgehead atoms. The van der Waals surface area contributed by atoms with Crippen molar-refractivity contribution in [2.24, 2.45) is 10.7 Å². The molecule has 20 heavy (non-hydrogen) atoms. The zero-order valence-corrected chi connectivity index (χ0v) is 14.9. The van der Waals surface area contributed by atoms with Crippen molar-refractivity contribution in [3.05, 3.63) is 28.8 Å². The quantitative estimate of drug-likeness (QED) is 0.462. The second-order valence-corrected chi connectivity index (χ2v) is 5.20. The highest BCUT2D eigenvalue weighted by Crippen LogP contribution is 2.25. The topological polar surface area (TPSA) is 50.9 Å². The Morgan fingerprint density at radius 2 is 2.20 bits per heavy atom. The molecule has 1 aliphatic rings. The third-order valence-electron chi connectivity index (χ3n) is 3.37. The van der Waals surface area contributed by atoms with Crippen LogP contribution >= 0.6 is 35.6 Å². The standard InChI is InChI=1S/C14H20ClN3O.HI/c1-18(11-4-5-11)14(16)17-8-7-10-3-6-12(19-2)9-13(10)15;/h3,6,9,11H,4-5,7-8H2,1-2H3,(H2,16,17);1H. The van der Waals surface area contributed by atoms with Crippen LogP contribution in [0.5, 0.6) is 5.75 Å². The summed E-state index contributed by atoms with van der Waals surface area (Å²) in [4.78, 5) is 6.45. The van der Waals surface area contributed by atoms with E-state index in [0.29, 0.717) is 23.6 Å². The molecule has 0 saturated heterocycles. The summed E-state index contributed by atoms with van der Waals surface area (Å²) in [5, 5.41) is 0.712. The molecule has 6 heteroatoms. The highest BCUT2D eigenvalue weighted by Gasteiger charge is 2.27.